The molecule has 4 nitrogen and oxygen atoms in total. The van der Waals surface area contributed by atoms with Crippen molar-refractivity contribution >= 4 is 17.2 Å². The zero-order valence-corrected chi connectivity index (χ0v) is 16.1. The molecule has 2 aromatic carbocycles. The van der Waals surface area contributed by atoms with Gasteiger partial charge in [0.2, 0.25) is 0 Å². The van der Waals surface area contributed by atoms with Gasteiger partial charge in [0.25, 0.3) is 0 Å². The van der Waals surface area contributed by atoms with Gasteiger partial charge in [-0.25, -0.2) is 0 Å². The summed E-state index contributed by atoms with van der Waals surface area (Å²) in [5.74, 6) is 1.68. The van der Waals surface area contributed by atoms with E-state index in [0.717, 1.165) is 71.2 Å². The number of rotatable bonds is 6. The summed E-state index contributed by atoms with van der Waals surface area (Å²) in [4.78, 5) is 12.1. The highest BCUT2D eigenvalue weighted by Crippen LogP contribution is 2.45. The van der Waals surface area contributed by atoms with Gasteiger partial charge in [0.1, 0.15) is 11.5 Å². The van der Waals surface area contributed by atoms with Crippen LogP contribution in [-0.4, -0.2) is 25.1 Å². The maximum Gasteiger partial charge on any atom is 0.152 e. The molecule has 1 aliphatic rings. The van der Waals surface area contributed by atoms with Crippen LogP contribution in [0.3, 0.4) is 0 Å². The van der Waals surface area contributed by atoms with Crippen LogP contribution >= 0.6 is 0 Å². The summed E-state index contributed by atoms with van der Waals surface area (Å²) in [7, 11) is 3.37. The summed E-state index contributed by atoms with van der Waals surface area (Å²) < 4.78 is 13.3. The first-order valence-corrected chi connectivity index (χ1v) is 9.56. The Morgan fingerprint density at radius 3 is 2.56 bits per heavy atom. The van der Waals surface area contributed by atoms with E-state index in [1.807, 2.05) is 18.2 Å². The number of ether oxygens (including phenoxy) is 2. The summed E-state index contributed by atoms with van der Waals surface area (Å²) in [5.41, 5.74) is 5.24. The maximum absolute atomic E-state index is 12.1. The Hall–Kier alpha value is -2.75. The van der Waals surface area contributed by atoms with Gasteiger partial charge in [0.15, 0.2) is 6.29 Å². The van der Waals surface area contributed by atoms with Gasteiger partial charge in [-0.1, -0.05) is 19.8 Å². The molecule has 0 N–H and O–H groups in total. The Bertz CT molecular complexity index is 1000. The van der Waals surface area contributed by atoms with Gasteiger partial charge in [-0.2, -0.15) is 0 Å². The molecule has 1 aromatic heterocycles. The van der Waals surface area contributed by atoms with E-state index in [2.05, 4.69) is 29.7 Å². The molecule has 3 aromatic rings. The fourth-order valence-corrected chi connectivity index (χ4v) is 4.33. The fraction of sp³-hybridized carbons (Fsp3) is 0.348. The smallest absolute Gasteiger partial charge is 0.152 e. The zero-order chi connectivity index (χ0) is 19.0. The van der Waals surface area contributed by atoms with Crippen molar-refractivity contribution in [3.8, 4) is 22.8 Å². The van der Waals surface area contributed by atoms with E-state index in [4.69, 9.17) is 9.47 Å². The molecule has 0 radical (unpaired) electrons. The van der Waals surface area contributed by atoms with E-state index in [0.29, 0.717) is 6.04 Å². The van der Waals surface area contributed by atoms with E-state index in [9.17, 15) is 4.79 Å². The predicted octanol–water partition coefficient (Wildman–Crippen LogP) is 5.43. The van der Waals surface area contributed by atoms with Gasteiger partial charge < -0.3 is 14.0 Å². The third-order valence-corrected chi connectivity index (χ3v) is 5.65. The molecule has 1 unspecified atom stereocenters. The predicted molar refractivity (Wildman–Crippen MR) is 108 cm³/mol. The molecular weight excluding hydrogens is 338 g/mol. The lowest BCUT2D eigenvalue weighted by Gasteiger charge is -2.30. The van der Waals surface area contributed by atoms with E-state index >= 15 is 0 Å². The Kier molecular flexibility index (Phi) is 4.65. The Balaban J connectivity index is 2.03. The van der Waals surface area contributed by atoms with Crippen molar-refractivity contribution in [1.29, 1.82) is 0 Å². The molecule has 27 heavy (non-hydrogen) atoms. The lowest BCUT2D eigenvalue weighted by molar-refractivity contribution is 0.112. The topological polar surface area (TPSA) is 40.5 Å². The molecule has 0 saturated carbocycles. The van der Waals surface area contributed by atoms with E-state index < -0.39 is 0 Å². The highest BCUT2D eigenvalue weighted by molar-refractivity contribution is 6.06. The molecule has 140 valence electrons. The number of carbonyl (C=O) groups is 1. The summed E-state index contributed by atoms with van der Waals surface area (Å²) in [5, 5.41) is 0.992. The van der Waals surface area contributed by atoms with Crippen LogP contribution in [0.25, 0.3) is 22.2 Å². The molecule has 0 saturated heterocycles. The number of aldehydes is 1. The number of hydrogen-bond acceptors (Lipinski definition) is 3. The molecule has 0 fully saturated rings. The van der Waals surface area contributed by atoms with Crippen molar-refractivity contribution in [2.75, 3.05) is 14.2 Å². The number of unbranched alkanes of at least 4 members (excludes halogenated alkanes) is 1. The van der Waals surface area contributed by atoms with Crippen LogP contribution in [0.2, 0.25) is 0 Å². The van der Waals surface area contributed by atoms with Gasteiger partial charge in [-0.3, -0.25) is 4.79 Å². The molecule has 1 atom stereocenters. The number of fused-ring (bicyclic) bond motifs is 5. The third-order valence-electron chi connectivity index (χ3n) is 5.65. The van der Waals surface area contributed by atoms with Gasteiger partial charge in [0.05, 0.1) is 25.4 Å². The SMILES string of the molecule is CCCCC1Cc2cc(OC)ccc2-c2c(C=O)c3ccc(OC)cc3n21. The first-order chi connectivity index (χ1) is 13.2. The number of aromatic nitrogens is 1. The number of nitrogens with zero attached hydrogens (tertiary/aromatic N) is 1. The van der Waals surface area contributed by atoms with Crippen LogP contribution < -0.4 is 9.47 Å². The normalized spacial score (nSPS) is 15.3. The van der Waals surface area contributed by atoms with E-state index in [-0.39, 0.29) is 0 Å². The van der Waals surface area contributed by atoms with Crippen LogP contribution in [0.15, 0.2) is 36.4 Å². The van der Waals surface area contributed by atoms with Crippen molar-refractivity contribution in [3.05, 3.63) is 47.5 Å². The first-order valence-electron chi connectivity index (χ1n) is 9.56. The minimum Gasteiger partial charge on any atom is -0.497 e. The van der Waals surface area contributed by atoms with Crippen LogP contribution in [0.5, 0.6) is 11.5 Å². The van der Waals surface area contributed by atoms with Crippen LogP contribution in [0, 0.1) is 0 Å². The van der Waals surface area contributed by atoms with Gasteiger partial charge in [-0.15, -0.1) is 0 Å². The highest BCUT2D eigenvalue weighted by atomic mass is 16.5. The molecule has 4 rings (SSSR count). The van der Waals surface area contributed by atoms with Crippen molar-refractivity contribution in [2.24, 2.45) is 0 Å². The van der Waals surface area contributed by atoms with Gasteiger partial charge in [0, 0.05) is 28.6 Å². The van der Waals surface area contributed by atoms with E-state index in [1.165, 1.54) is 5.56 Å². The highest BCUT2D eigenvalue weighted by Gasteiger charge is 2.30. The van der Waals surface area contributed by atoms with Crippen molar-refractivity contribution in [2.45, 2.75) is 38.6 Å². The number of hydrogen-bond donors (Lipinski definition) is 0. The fourth-order valence-electron chi connectivity index (χ4n) is 4.33. The second kappa shape index (κ2) is 7.10. The minimum absolute atomic E-state index is 0.322. The average molecular weight is 363 g/mol. The van der Waals surface area contributed by atoms with Gasteiger partial charge >= 0.3 is 0 Å². The summed E-state index contributed by atoms with van der Waals surface area (Å²) in [6, 6.07) is 12.5. The van der Waals surface area contributed by atoms with Crippen molar-refractivity contribution in [1.82, 2.24) is 4.57 Å². The largest absolute Gasteiger partial charge is 0.497 e. The first kappa shape index (κ1) is 17.7. The number of benzene rings is 2. The molecular formula is C23H25NO3. The molecule has 0 bridgehead atoms. The average Bonchev–Trinajstić information content (AvgIpc) is 3.05. The monoisotopic (exact) mass is 363 g/mol. The summed E-state index contributed by atoms with van der Waals surface area (Å²) in [6.07, 6.45) is 5.33. The second-order valence-corrected chi connectivity index (χ2v) is 7.16. The summed E-state index contributed by atoms with van der Waals surface area (Å²) >= 11 is 0. The molecule has 4 heteroatoms. The van der Waals surface area contributed by atoms with Crippen LogP contribution in [-0.2, 0) is 6.42 Å². The van der Waals surface area contributed by atoms with Crippen LogP contribution in [0.1, 0.15) is 48.1 Å². The zero-order valence-electron chi connectivity index (χ0n) is 16.1. The molecule has 0 amide bonds. The standard InChI is InChI=1S/C23H25NO3/c1-4-5-6-16-11-15-12-17(26-2)7-9-19(15)23-21(14-25)20-10-8-18(27-3)13-22(20)24(16)23/h7-10,12-14,16H,4-6,11H2,1-3H3. The molecule has 2 heterocycles. The lowest BCUT2D eigenvalue weighted by atomic mass is 9.90. The number of methoxy groups -OCH3 is 2. The molecule has 0 spiro atoms. The quantitative estimate of drug-likeness (QED) is 0.549. The van der Waals surface area contributed by atoms with Gasteiger partial charge in [-0.05, 0) is 48.7 Å². The second-order valence-electron chi connectivity index (χ2n) is 7.16. The Morgan fingerprint density at radius 2 is 1.85 bits per heavy atom. The third kappa shape index (κ3) is 2.80. The Morgan fingerprint density at radius 1 is 1.11 bits per heavy atom. The summed E-state index contributed by atoms with van der Waals surface area (Å²) in [6.45, 7) is 2.22. The minimum atomic E-state index is 0.322. The maximum atomic E-state index is 12.1. The lowest BCUT2D eigenvalue weighted by Crippen LogP contribution is -2.19. The number of carbonyl (C=O) groups excluding carboxylic acids is 1. The van der Waals surface area contributed by atoms with Crippen LogP contribution in [0.4, 0.5) is 0 Å². The van der Waals surface area contributed by atoms with E-state index in [1.54, 1.807) is 14.2 Å². The Labute approximate surface area is 159 Å². The molecule has 0 aliphatic carbocycles. The molecule has 1 aliphatic heterocycles. The van der Waals surface area contributed by atoms with Crippen molar-refractivity contribution in [3.63, 3.8) is 0 Å². The van der Waals surface area contributed by atoms with Crippen molar-refractivity contribution < 1.29 is 14.3 Å².